The average Bonchev–Trinajstić information content (AvgIpc) is 2.67. The van der Waals surface area contributed by atoms with E-state index in [2.05, 4.69) is 5.32 Å². The van der Waals surface area contributed by atoms with Crippen LogP contribution in [-0.4, -0.2) is 48.5 Å². The van der Waals surface area contributed by atoms with Crippen molar-refractivity contribution in [3.05, 3.63) is 59.4 Å². The van der Waals surface area contributed by atoms with Gasteiger partial charge >= 0.3 is 6.03 Å². The average molecular weight is 369 g/mol. The molecular formula is C20H20FN3O3. The molecule has 4 rings (SSSR count). The number of benzene rings is 2. The van der Waals surface area contributed by atoms with E-state index in [0.717, 1.165) is 11.1 Å². The second-order valence-corrected chi connectivity index (χ2v) is 6.74. The summed E-state index contributed by atoms with van der Waals surface area (Å²) in [4.78, 5) is 28.6. The molecule has 7 heteroatoms. The first kappa shape index (κ1) is 17.3. The van der Waals surface area contributed by atoms with Crippen LogP contribution in [0.25, 0.3) is 0 Å². The summed E-state index contributed by atoms with van der Waals surface area (Å²) < 4.78 is 18.7. The summed E-state index contributed by atoms with van der Waals surface area (Å²) >= 11 is 0. The van der Waals surface area contributed by atoms with Crippen LogP contribution in [-0.2, 0) is 11.2 Å². The van der Waals surface area contributed by atoms with Crippen molar-refractivity contribution in [3.8, 4) is 5.75 Å². The maximum absolute atomic E-state index is 13.5. The lowest BCUT2D eigenvalue weighted by Crippen LogP contribution is -2.56. The minimum Gasteiger partial charge on any atom is -0.497 e. The lowest BCUT2D eigenvalue weighted by molar-refractivity contribution is -0.139. The quantitative estimate of drug-likeness (QED) is 0.886. The fourth-order valence-electron chi connectivity index (χ4n) is 3.76. The number of halogens is 1. The predicted octanol–water partition coefficient (Wildman–Crippen LogP) is 2.81. The van der Waals surface area contributed by atoms with Crippen LogP contribution in [0.15, 0.2) is 42.5 Å². The number of ether oxygens (including phenoxy) is 1. The zero-order valence-electron chi connectivity index (χ0n) is 14.9. The number of amides is 3. The van der Waals surface area contributed by atoms with Crippen LogP contribution >= 0.6 is 0 Å². The second-order valence-electron chi connectivity index (χ2n) is 6.74. The van der Waals surface area contributed by atoms with Gasteiger partial charge in [0.2, 0.25) is 5.91 Å². The molecule has 0 bridgehead atoms. The minimum absolute atomic E-state index is 0.0306. The summed E-state index contributed by atoms with van der Waals surface area (Å²) in [5.41, 5.74) is 2.41. The molecule has 2 aromatic rings. The number of anilines is 1. The summed E-state index contributed by atoms with van der Waals surface area (Å²) in [6, 6.07) is 11.1. The van der Waals surface area contributed by atoms with E-state index in [4.69, 9.17) is 4.74 Å². The monoisotopic (exact) mass is 369 g/mol. The van der Waals surface area contributed by atoms with Crippen LogP contribution in [0.1, 0.15) is 17.2 Å². The molecule has 0 aromatic heterocycles. The Labute approximate surface area is 156 Å². The van der Waals surface area contributed by atoms with Crippen LogP contribution in [0.4, 0.5) is 14.9 Å². The Bertz CT molecular complexity index is 902. The number of nitrogens with one attached hydrogen (secondary N) is 1. The lowest BCUT2D eigenvalue weighted by atomic mass is 9.90. The van der Waals surface area contributed by atoms with Gasteiger partial charge in [-0.05, 0) is 41.8 Å². The van der Waals surface area contributed by atoms with Crippen molar-refractivity contribution in [2.75, 3.05) is 32.1 Å². The molecule has 1 unspecified atom stereocenters. The Morgan fingerprint density at radius 2 is 2.11 bits per heavy atom. The van der Waals surface area contributed by atoms with Crippen LogP contribution in [0.3, 0.4) is 0 Å². The molecule has 1 saturated heterocycles. The molecule has 0 spiro atoms. The summed E-state index contributed by atoms with van der Waals surface area (Å²) in [7, 11) is 1.56. The van der Waals surface area contributed by atoms with Gasteiger partial charge in [0.15, 0.2) is 0 Å². The van der Waals surface area contributed by atoms with Crippen LogP contribution in [0.5, 0.6) is 5.75 Å². The smallest absolute Gasteiger partial charge is 0.322 e. The van der Waals surface area contributed by atoms with Crippen molar-refractivity contribution >= 4 is 17.6 Å². The van der Waals surface area contributed by atoms with Crippen LogP contribution in [0, 0.1) is 5.82 Å². The molecule has 3 amide bonds. The van der Waals surface area contributed by atoms with Gasteiger partial charge in [-0.25, -0.2) is 9.18 Å². The number of methoxy groups -OCH3 is 1. The number of hydrogen-bond donors (Lipinski definition) is 1. The molecule has 2 aromatic carbocycles. The topological polar surface area (TPSA) is 61.9 Å². The summed E-state index contributed by atoms with van der Waals surface area (Å²) in [6.07, 6.45) is 0.630. The van der Waals surface area contributed by atoms with Gasteiger partial charge in [-0.2, -0.15) is 0 Å². The first-order valence-electron chi connectivity index (χ1n) is 8.83. The highest BCUT2D eigenvalue weighted by Gasteiger charge is 2.38. The molecule has 27 heavy (non-hydrogen) atoms. The molecule has 1 N–H and O–H groups in total. The van der Waals surface area contributed by atoms with E-state index in [-0.39, 0.29) is 30.3 Å². The molecule has 2 aliphatic heterocycles. The first-order valence-corrected chi connectivity index (χ1v) is 8.83. The molecule has 2 aliphatic rings. The maximum atomic E-state index is 13.5. The van der Waals surface area contributed by atoms with Crippen LogP contribution in [0.2, 0.25) is 0 Å². The second kappa shape index (κ2) is 6.90. The summed E-state index contributed by atoms with van der Waals surface area (Å²) in [6.45, 7) is 0.953. The SMILES string of the molecule is COc1cccc(NC(=O)N2CC(=O)N3CCc4cc(F)ccc4C3C2)c1. The third kappa shape index (κ3) is 3.32. The van der Waals surface area contributed by atoms with E-state index in [1.165, 1.54) is 17.0 Å². The Hall–Kier alpha value is -3.09. The molecular weight excluding hydrogens is 349 g/mol. The van der Waals surface area contributed by atoms with Crippen molar-refractivity contribution in [1.82, 2.24) is 9.80 Å². The van der Waals surface area contributed by atoms with Gasteiger partial charge in [0, 0.05) is 24.8 Å². The number of hydrogen-bond acceptors (Lipinski definition) is 3. The van der Waals surface area contributed by atoms with Crippen molar-refractivity contribution in [2.24, 2.45) is 0 Å². The molecule has 1 atom stereocenters. The standard InChI is InChI=1S/C20H20FN3O3/c1-27-16-4-2-3-15(10-16)22-20(26)23-11-18-17-6-5-14(21)9-13(17)7-8-24(18)19(25)12-23/h2-6,9-10,18H,7-8,11-12H2,1H3,(H,22,26). The van der Waals surface area contributed by atoms with Gasteiger partial charge in [-0.1, -0.05) is 12.1 Å². The zero-order chi connectivity index (χ0) is 19.0. The van der Waals surface area contributed by atoms with Crippen molar-refractivity contribution in [3.63, 3.8) is 0 Å². The molecule has 1 fully saturated rings. The van der Waals surface area contributed by atoms with Crippen molar-refractivity contribution < 1.29 is 18.7 Å². The highest BCUT2D eigenvalue weighted by molar-refractivity contribution is 5.93. The number of fused-ring (bicyclic) bond motifs is 3. The summed E-state index contributed by atoms with van der Waals surface area (Å²) in [5.74, 6) is 0.260. The molecule has 140 valence electrons. The minimum atomic E-state index is -0.342. The largest absolute Gasteiger partial charge is 0.497 e. The van der Waals surface area contributed by atoms with E-state index >= 15 is 0 Å². The van der Waals surface area contributed by atoms with E-state index < -0.39 is 0 Å². The highest BCUT2D eigenvalue weighted by atomic mass is 19.1. The number of nitrogens with zero attached hydrogens (tertiary/aromatic N) is 2. The normalized spacial score (nSPS) is 18.6. The maximum Gasteiger partial charge on any atom is 0.322 e. The van der Waals surface area contributed by atoms with Crippen LogP contribution < -0.4 is 10.1 Å². The number of carbonyl (C=O) groups excluding carboxylic acids is 2. The fraction of sp³-hybridized carbons (Fsp3) is 0.300. The molecule has 0 radical (unpaired) electrons. The fourth-order valence-corrected chi connectivity index (χ4v) is 3.76. The van der Waals surface area contributed by atoms with E-state index in [9.17, 15) is 14.0 Å². The number of urea groups is 1. The van der Waals surface area contributed by atoms with Crippen molar-refractivity contribution in [2.45, 2.75) is 12.5 Å². The van der Waals surface area contributed by atoms with Gasteiger partial charge < -0.3 is 19.9 Å². The van der Waals surface area contributed by atoms with Gasteiger partial charge in [-0.3, -0.25) is 4.79 Å². The number of carbonyl (C=O) groups is 2. The Morgan fingerprint density at radius 3 is 2.93 bits per heavy atom. The Kier molecular flexibility index (Phi) is 4.43. The zero-order valence-corrected chi connectivity index (χ0v) is 14.9. The van der Waals surface area contributed by atoms with Gasteiger partial charge in [-0.15, -0.1) is 0 Å². The van der Waals surface area contributed by atoms with Gasteiger partial charge in [0.25, 0.3) is 0 Å². The number of piperazine rings is 1. The first-order chi connectivity index (χ1) is 13.0. The van der Waals surface area contributed by atoms with Gasteiger partial charge in [0.1, 0.15) is 18.1 Å². The van der Waals surface area contributed by atoms with E-state index in [0.29, 0.717) is 30.9 Å². The highest BCUT2D eigenvalue weighted by Crippen LogP contribution is 2.33. The van der Waals surface area contributed by atoms with Gasteiger partial charge in [0.05, 0.1) is 13.2 Å². The Balaban J connectivity index is 1.54. The van der Waals surface area contributed by atoms with Crippen molar-refractivity contribution in [1.29, 1.82) is 0 Å². The third-order valence-corrected chi connectivity index (χ3v) is 5.11. The molecule has 6 nitrogen and oxygen atoms in total. The van der Waals surface area contributed by atoms with E-state index in [1.54, 1.807) is 42.3 Å². The predicted molar refractivity (Wildman–Crippen MR) is 98.1 cm³/mol. The number of rotatable bonds is 2. The third-order valence-electron chi connectivity index (χ3n) is 5.11. The Morgan fingerprint density at radius 1 is 1.26 bits per heavy atom. The van der Waals surface area contributed by atoms with E-state index in [1.807, 2.05) is 0 Å². The molecule has 0 aliphatic carbocycles. The summed E-state index contributed by atoms with van der Waals surface area (Å²) in [5, 5.41) is 2.81. The lowest BCUT2D eigenvalue weighted by Gasteiger charge is -2.44. The molecule has 2 heterocycles. The molecule has 0 saturated carbocycles.